The summed E-state index contributed by atoms with van der Waals surface area (Å²) in [6, 6.07) is 8.13. The predicted molar refractivity (Wildman–Crippen MR) is 80.4 cm³/mol. The molecule has 1 saturated heterocycles. The van der Waals surface area contributed by atoms with Gasteiger partial charge in [-0.1, -0.05) is 23.7 Å². The van der Waals surface area contributed by atoms with Crippen molar-refractivity contribution >= 4 is 17.7 Å². The lowest BCUT2D eigenvalue weighted by Gasteiger charge is -2.35. The Kier molecular flexibility index (Phi) is 5.26. The van der Waals surface area contributed by atoms with E-state index in [0.717, 1.165) is 43.9 Å². The van der Waals surface area contributed by atoms with Crippen molar-refractivity contribution in [3.8, 4) is 0 Å². The number of likely N-dealkylation sites (tertiary alicyclic amines) is 1. The van der Waals surface area contributed by atoms with E-state index in [-0.39, 0.29) is 6.04 Å². The first-order valence-corrected chi connectivity index (χ1v) is 7.36. The van der Waals surface area contributed by atoms with E-state index in [1.54, 1.807) is 7.05 Å². The van der Waals surface area contributed by atoms with Crippen LogP contribution in [0.15, 0.2) is 24.3 Å². The number of carboxylic acid groups (broad SMARTS) is 1. The topological polar surface area (TPSA) is 43.8 Å². The Bertz CT molecular complexity index is 459. The second-order valence-corrected chi connectivity index (χ2v) is 5.78. The molecule has 1 fully saturated rings. The quantitative estimate of drug-likeness (QED) is 0.929. The number of piperidine rings is 1. The normalized spacial score (nSPS) is 17.1. The fourth-order valence-corrected chi connectivity index (χ4v) is 2.88. The Hall–Kier alpha value is -1.26. The molecule has 1 aromatic rings. The number of hydrogen-bond acceptors (Lipinski definition) is 2. The fraction of sp³-hybridized carbons (Fsp3) is 0.533. The summed E-state index contributed by atoms with van der Waals surface area (Å²) < 4.78 is 0. The summed E-state index contributed by atoms with van der Waals surface area (Å²) in [5, 5.41) is 9.76. The number of halogens is 1. The van der Waals surface area contributed by atoms with E-state index in [1.165, 1.54) is 10.5 Å². The van der Waals surface area contributed by atoms with E-state index in [9.17, 15) is 4.79 Å². The van der Waals surface area contributed by atoms with Gasteiger partial charge in [0.2, 0.25) is 0 Å². The first-order valence-electron chi connectivity index (χ1n) is 6.99. The highest BCUT2D eigenvalue weighted by atomic mass is 35.5. The molecule has 0 radical (unpaired) electrons. The minimum absolute atomic E-state index is 0.162. The van der Waals surface area contributed by atoms with Gasteiger partial charge in [-0.3, -0.25) is 0 Å². The molecule has 0 saturated carbocycles. The van der Waals surface area contributed by atoms with Crippen LogP contribution in [0.5, 0.6) is 0 Å². The van der Waals surface area contributed by atoms with Crippen molar-refractivity contribution in [3.63, 3.8) is 0 Å². The van der Waals surface area contributed by atoms with Gasteiger partial charge in [0.25, 0.3) is 0 Å². The second kappa shape index (κ2) is 6.95. The van der Waals surface area contributed by atoms with Crippen molar-refractivity contribution in [1.29, 1.82) is 0 Å². The third kappa shape index (κ3) is 4.12. The molecule has 0 unspecified atom stereocenters. The first kappa shape index (κ1) is 15.1. The maximum absolute atomic E-state index is 10.9. The van der Waals surface area contributed by atoms with Crippen molar-refractivity contribution in [1.82, 2.24) is 9.80 Å². The summed E-state index contributed by atoms with van der Waals surface area (Å²) in [6.07, 6.45) is 1.99. The molecule has 110 valence electrons. The standard InChI is InChI=1S/C15H21ClN2O2/c1-17(15(19)20)14-6-9-18(10-7-14)8-5-12-3-2-4-13(16)11-12/h2-4,11,14H,5-10H2,1H3,(H,19,20). The Labute approximate surface area is 124 Å². The van der Waals surface area contributed by atoms with E-state index in [4.69, 9.17) is 16.7 Å². The molecule has 20 heavy (non-hydrogen) atoms. The van der Waals surface area contributed by atoms with Crippen LogP contribution in [-0.4, -0.2) is 53.7 Å². The van der Waals surface area contributed by atoms with Crippen LogP contribution in [0.2, 0.25) is 5.02 Å². The number of nitrogens with zero attached hydrogens (tertiary/aromatic N) is 2. The van der Waals surface area contributed by atoms with E-state index >= 15 is 0 Å². The molecule has 4 nitrogen and oxygen atoms in total. The molecule has 1 aliphatic heterocycles. The SMILES string of the molecule is CN(C(=O)O)C1CCN(CCc2cccc(Cl)c2)CC1. The molecule has 5 heteroatoms. The van der Waals surface area contributed by atoms with Gasteiger partial charge in [0.05, 0.1) is 0 Å². The maximum atomic E-state index is 10.9. The lowest BCUT2D eigenvalue weighted by molar-refractivity contribution is 0.105. The molecule has 0 spiro atoms. The molecule has 2 rings (SSSR count). The monoisotopic (exact) mass is 296 g/mol. The van der Waals surface area contributed by atoms with Crippen LogP contribution in [-0.2, 0) is 6.42 Å². The number of carbonyl (C=O) groups is 1. The number of rotatable bonds is 4. The molecule has 1 amide bonds. The van der Waals surface area contributed by atoms with Gasteiger partial charge in [0.1, 0.15) is 0 Å². The molecule has 1 N–H and O–H groups in total. The third-order valence-corrected chi connectivity index (χ3v) is 4.25. The molecule has 0 aromatic heterocycles. The fourth-order valence-electron chi connectivity index (χ4n) is 2.67. The molecule has 1 aromatic carbocycles. The minimum Gasteiger partial charge on any atom is -0.465 e. The zero-order valence-electron chi connectivity index (χ0n) is 11.8. The summed E-state index contributed by atoms with van der Waals surface area (Å²) in [5.41, 5.74) is 1.25. The summed E-state index contributed by atoms with van der Waals surface area (Å²) in [5.74, 6) is 0. The Balaban J connectivity index is 1.76. The lowest BCUT2D eigenvalue weighted by atomic mass is 10.0. The van der Waals surface area contributed by atoms with Gasteiger partial charge in [0.15, 0.2) is 0 Å². The molecule has 0 atom stereocenters. The van der Waals surface area contributed by atoms with Crippen LogP contribution < -0.4 is 0 Å². The number of hydrogen-bond donors (Lipinski definition) is 1. The van der Waals surface area contributed by atoms with Crippen LogP contribution in [0.1, 0.15) is 18.4 Å². The van der Waals surface area contributed by atoms with Gasteiger partial charge in [-0.05, 0) is 37.0 Å². The Morgan fingerprint density at radius 2 is 2.15 bits per heavy atom. The van der Waals surface area contributed by atoms with Crippen LogP contribution in [0.3, 0.4) is 0 Å². The Morgan fingerprint density at radius 1 is 1.45 bits per heavy atom. The first-order chi connectivity index (χ1) is 9.56. The molecule has 1 heterocycles. The van der Waals surface area contributed by atoms with Gasteiger partial charge in [-0.15, -0.1) is 0 Å². The van der Waals surface area contributed by atoms with Crippen molar-refractivity contribution in [3.05, 3.63) is 34.9 Å². The minimum atomic E-state index is -0.831. The summed E-state index contributed by atoms with van der Waals surface area (Å²) in [7, 11) is 1.66. The third-order valence-electron chi connectivity index (χ3n) is 4.01. The van der Waals surface area contributed by atoms with Crippen molar-refractivity contribution in [2.45, 2.75) is 25.3 Å². The molecule has 1 aliphatic rings. The summed E-state index contributed by atoms with van der Waals surface area (Å²) >= 11 is 5.98. The van der Waals surface area contributed by atoms with E-state index in [0.29, 0.717) is 0 Å². The van der Waals surface area contributed by atoms with Gasteiger partial charge in [-0.2, -0.15) is 0 Å². The van der Waals surface area contributed by atoms with Gasteiger partial charge < -0.3 is 14.9 Å². The van der Waals surface area contributed by atoms with Crippen molar-refractivity contribution < 1.29 is 9.90 Å². The van der Waals surface area contributed by atoms with E-state index < -0.39 is 6.09 Å². The number of benzene rings is 1. The summed E-state index contributed by atoms with van der Waals surface area (Å²) in [6.45, 7) is 2.93. The average Bonchev–Trinajstić information content (AvgIpc) is 2.45. The maximum Gasteiger partial charge on any atom is 0.407 e. The molecule has 0 bridgehead atoms. The smallest absolute Gasteiger partial charge is 0.407 e. The highest BCUT2D eigenvalue weighted by molar-refractivity contribution is 6.30. The summed E-state index contributed by atoms with van der Waals surface area (Å²) in [4.78, 5) is 14.8. The van der Waals surface area contributed by atoms with Crippen molar-refractivity contribution in [2.24, 2.45) is 0 Å². The van der Waals surface area contributed by atoms with Crippen LogP contribution in [0, 0.1) is 0 Å². The van der Waals surface area contributed by atoms with Gasteiger partial charge in [-0.25, -0.2) is 4.79 Å². The zero-order chi connectivity index (χ0) is 14.5. The second-order valence-electron chi connectivity index (χ2n) is 5.35. The van der Waals surface area contributed by atoms with Gasteiger partial charge in [0, 0.05) is 37.7 Å². The van der Waals surface area contributed by atoms with Crippen molar-refractivity contribution in [2.75, 3.05) is 26.7 Å². The van der Waals surface area contributed by atoms with Gasteiger partial charge >= 0.3 is 6.09 Å². The highest BCUT2D eigenvalue weighted by Crippen LogP contribution is 2.17. The zero-order valence-corrected chi connectivity index (χ0v) is 12.5. The predicted octanol–water partition coefficient (Wildman–Crippen LogP) is 2.96. The van der Waals surface area contributed by atoms with E-state index in [2.05, 4.69) is 11.0 Å². The lowest BCUT2D eigenvalue weighted by Crippen LogP contribution is -2.45. The Morgan fingerprint density at radius 3 is 2.75 bits per heavy atom. The molecular weight excluding hydrogens is 276 g/mol. The largest absolute Gasteiger partial charge is 0.465 e. The van der Waals surface area contributed by atoms with Crippen LogP contribution >= 0.6 is 11.6 Å². The molecule has 0 aliphatic carbocycles. The molecular formula is C15H21ClN2O2. The highest BCUT2D eigenvalue weighted by Gasteiger charge is 2.24. The van der Waals surface area contributed by atoms with Crippen LogP contribution in [0.25, 0.3) is 0 Å². The average molecular weight is 297 g/mol. The van der Waals surface area contributed by atoms with E-state index in [1.807, 2.05) is 18.2 Å². The van der Waals surface area contributed by atoms with Crippen LogP contribution in [0.4, 0.5) is 4.79 Å². The number of amides is 1.